The lowest BCUT2D eigenvalue weighted by Gasteiger charge is -2.11. The molecular formula is C11H24N4O2. The monoisotopic (exact) mass is 244 g/mol. The summed E-state index contributed by atoms with van der Waals surface area (Å²) >= 11 is 0. The molecule has 0 saturated carbocycles. The molecule has 100 valence electrons. The van der Waals surface area contributed by atoms with E-state index in [1.165, 1.54) is 0 Å². The van der Waals surface area contributed by atoms with Crippen molar-refractivity contribution in [1.82, 2.24) is 21.3 Å². The van der Waals surface area contributed by atoms with Crippen molar-refractivity contribution in [3.8, 4) is 0 Å². The molecule has 1 atom stereocenters. The van der Waals surface area contributed by atoms with Crippen LogP contribution in [-0.2, 0) is 9.59 Å². The van der Waals surface area contributed by atoms with E-state index in [4.69, 9.17) is 0 Å². The second-order valence-electron chi connectivity index (χ2n) is 3.92. The number of hydrogen-bond acceptors (Lipinski definition) is 4. The summed E-state index contributed by atoms with van der Waals surface area (Å²) < 4.78 is 0. The number of carbonyl (C=O) groups excluding carboxylic acids is 2. The Labute approximate surface area is 103 Å². The van der Waals surface area contributed by atoms with Gasteiger partial charge in [0.05, 0.1) is 13.1 Å². The molecule has 6 nitrogen and oxygen atoms in total. The van der Waals surface area contributed by atoms with Crippen LogP contribution in [0, 0.1) is 0 Å². The first-order chi connectivity index (χ1) is 8.10. The molecule has 0 rings (SSSR count). The number of likely N-dealkylation sites (N-methyl/N-ethyl adjacent to an activating group) is 1. The number of rotatable bonds is 9. The zero-order chi connectivity index (χ0) is 13.1. The molecule has 0 heterocycles. The van der Waals surface area contributed by atoms with E-state index in [-0.39, 0.29) is 11.8 Å². The Morgan fingerprint density at radius 2 is 1.59 bits per heavy atom. The molecule has 0 aliphatic carbocycles. The molecule has 2 amide bonds. The van der Waals surface area contributed by atoms with Gasteiger partial charge in [0, 0.05) is 19.1 Å². The van der Waals surface area contributed by atoms with Crippen molar-refractivity contribution >= 4 is 11.8 Å². The third-order valence-corrected chi connectivity index (χ3v) is 2.33. The maximum absolute atomic E-state index is 11.3. The zero-order valence-corrected chi connectivity index (χ0v) is 10.9. The second kappa shape index (κ2) is 10.0. The van der Waals surface area contributed by atoms with Gasteiger partial charge in [-0.2, -0.15) is 0 Å². The van der Waals surface area contributed by atoms with Gasteiger partial charge in [-0.15, -0.1) is 0 Å². The predicted octanol–water partition coefficient (Wildman–Crippen LogP) is -1.17. The van der Waals surface area contributed by atoms with Crippen LogP contribution in [0.25, 0.3) is 0 Å². The molecule has 0 saturated heterocycles. The van der Waals surface area contributed by atoms with Crippen molar-refractivity contribution in [2.24, 2.45) is 0 Å². The number of hydrogen-bond donors (Lipinski definition) is 4. The van der Waals surface area contributed by atoms with Gasteiger partial charge in [0.1, 0.15) is 0 Å². The largest absolute Gasteiger partial charge is 0.353 e. The van der Waals surface area contributed by atoms with Gasteiger partial charge in [-0.25, -0.2) is 0 Å². The van der Waals surface area contributed by atoms with Gasteiger partial charge < -0.3 is 21.3 Å². The van der Waals surface area contributed by atoms with E-state index in [2.05, 4.69) is 28.2 Å². The highest BCUT2D eigenvalue weighted by atomic mass is 16.2. The molecule has 4 N–H and O–H groups in total. The highest BCUT2D eigenvalue weighted by Gasteiger charge is 2.03. The van der Waals surface area contributed by atoms with Crippen LogP contribution in [0.2, 0.25) is 0 Å². The lowest BCUT2D eigenvalue weighted by molar-refractivity contribution is -0.122. The fraction of sp³-hybridized carbons (Fsp3) is 0.818. The fourth-order valence-corrected chi connectivity index (χ4v) is 1.10. The average Bonchev–Trinajstić information content (AvgIpc) is 2.32. The standard InChI is InChI=1S/C11H24N4O2/c1-4-9(2)15-8-11(17)14-6-5-13-10(16)7-12-3/h9,12,15H,4-8H2,1-3H3,(H,13,16)(H,14,17). The van der Waals surface area contributed by atoms with Crippen molar-refractivity contribution in [2.45, 2.75) is 26.3 Å². The Hall–Kier alpha value is -1.14. The zero-order valence-electron chi connectivity index (χ0n) is 10.9. The molecule has 0 fully saturated rings. The minimum absolute atomic E-state index is 0.0480. The summed E-state index contributed by atoms with van der Waals surface area (Å²) in [5.74, 6) is -0.118. The van der Waals surface area contributed by atoms with Crippen molar-refractivity contribution in [3.05, 3.63) is 0 Å². The highest BCUT2D eigenvalue weighted by Crippen LogP contribution is 1.85. The molecule has 0 spiro atoms. The third-order valence-electron chi connectivity index (χ3n) is 2.33. The summed E-state index contributed by atoms with van der Waals surface area (Å²) in [6.07, 6.45) is 0.993. The van der Waals surface area contributed by atoms with Gasteiger partial charge >= 0.3 is 0 Å². The lowest BCUT2D eigenvalue weighted by Crippen LogP contribution is -2.42. The van der Waals surface area contributed by atoms with Gasteiger partial charge in [0.25, 0.3) is 0 Å². The summed E-state index contributed by atoms with van der Waals surface area (Å²) in [6.45, 7) is 5.62. The van der Waals surface area contributed by atoms with Gasteiger partial charge in [-0.3, -0.25) is 9.59 Å². The van der Waals surface area contributed by atoms with Crippen LogP contribution in [-0.4, -0.2) is 51.1 Å². The van der Waals surface area contributed by atoms with Crippen molar-refractivity contribution in [2.75, 3.05) is 33.2 Å². The first-order valence-electron chi connectivity index (χ1n) is 6.01. The van der Waals surface area contributed by atoms with Gasteiger partial charge in [0.15, 0.2) is 0 Å². The van der Waals surface area contributed by atoms with Crippen LogP contribution in [0.1, 0.15) is 20.3 Å². The first-order valence-corrected chi connectivity index (χ1v) is 6.01. The van der Waals surface area contributed by atoms with Gasteiger partial charge in [-0.1, -0.05) is 6.92 Å². The minimum Gasteiger partial charge on any atom is -0.353 e. The normalized spacial score (nSPS) is 11.9. The minimum atomic E-state index is -0.0699. The quantitative estimate of drug-likeness (QED) is 0.385. The average molecular weight is 244 g/mol. The van der Waals surface area contributed by atoms with E-state index >= 15 is 0 Å². The Bertz CT molecular complexity index is 234. The molecule has 17 heavy (non-hydrogen) atoms. The summed E-state index contributed by atoms with van der Waals surface area (Å²) in [5.41, 5.74) is 0. The van der Waals surface area contributed by atoms with Crippen LogP contribution >= 0.6 is 0 Å². The van der Waals surface area contributed by atoms with Crippen molar-refractivity contribution < 1.29 is 9.59 Å². The van der Waals surface area contributed by atoms with Crippen LogP contribution < -0.4 is 21.3 Å². The predicted molar refractivity (Wildman–Crippen MR) is 67.7 cm³/mol. The number of carbonyl (C=O) groups is 2. The first kappa shape index (κ1) is 15.9. The molecule has 1 unspecified atom stereocenters. The molecule has 0 radical (unpaired) electrons. The van der Waals surface area contributed by atoms with Crippen LogP contribution in [0.4, 0.5) is 0 Å². The van der Waals surface area contributed by atoms with E-state index in [1.807, 2.05) is 6.92 Å². The fourth-order valence-electron chi connectivity index (χ4n) is 1.10. The van der Waals surface area contributed by atoms with E-state index in [0.717, 1.165) is 6.42 Å². The summed E-state index contributed by atoms with van der Waals surface area (Å²) in [4.78, 5) is 22.4. The topological polar surface area (TPSA) is 82.3 Å². The van der Waals surface area contributed by atoms with E-state index in [9.17, 15) is 9.59 Å². The Kier molecular flexibility index (Phi) is 9.37. The summed E-state index contributed by atoms with van der Waals surface area (Å²) in [6, 6.07) is 0.344. The highest BCUT2D eigenvalue weighted by molar-refractivity contribution is 5.79. The second-order valence-corrected chi connectivity index (χ2v) is 3.92. The molecule has 0 aliphatic rings. The van der Waals surface area contributed by atoms with Crippen molar-refractivity contribution in [1.29, 1.82) is 0 Å². The van der Waals surface area contributed by atoms with Crippen LogP contribution in [0.3, 0.4) is 0 Å². The smallest absolute Gasteiger partial charge is 0.234 e. The lowest BCUT2D eigenvalue weighted by atomic mass is 10.2. The Morgan fingerprint density at radius 1 is 1.06 bits per heavy atom. The van der Waals surface area contributed by atoms with E-state index in [0.29, 0.717) is 32.2 Å². The van der Waals surface area contributed by atoms with E-state index in [1.54, 1.807) is 7.05 Å². The van der Waals surface area contributed by atoms with Crippen molar-refractivity contribution in [3.63, 3.8) is 0 Å². The Morgan fingerprint density at radius 3 is 2.06 bits per heavy atom. The SMILES string of the molecule is CCC(C)NCC(=O)NCCNC(=O)CNC. The van der Waals surface area contributed by atoms with Gasteiger partial charge in [0.2, 0.25) is 11.8 Å². The molecule has 0 aliphatic heterocycles. The molecule has 6 heteroatoms. The Balaban J connectivity index is 3.42. The maximum atomic E-state index is 11.3. The van der Waals surface area contributed by atoms with Crippen LogP contribution in [0.5, 0.6) is 0 Å². The molecular weight excluding hydrogens is 220 g/mol. The summed E-state index contributed by atoms with van der Waals surface area (Å²) in [5, 5.41) is 11.2. The maximum Gasteiger partial charge on any atom is 0.234 e. The number of nitrogens with one attached hydrogen (secondary N) is 4. The van der Waals surface area contributed by atoms with E-state index < -0.39 is 0 Å². The molecule has 0 bridgehead atoms. The number of amides is 2. The summed E-state index contributed by atoms with van der Waals surface area (Å²) in [7, 11) is 1.71. The van der Waals surface area contributed by atoms with Gasteiger partial charge in [-0.05, 0) is 20.4 Å². The van der Waals surface area contributed by atoms with Crippen LogP contribution in [0.15, 0.2) is 0 Å². The third kappa shape index (κ3) is 9.77. The molecule has 0 aromatic heterocycles. The molecule has 0 aromatic rings. The molecule has 0 aromatic carbocycles.